The van der Waals surface area contributed by atoms with Crippen molar-refractivity contribution in [1.82, 2.24) is 5.32 Å². The van der Waals surface area contributed by atoms with Crippen molar-refractivity contribution in [3.05, 3.63) is 24.3 Å². The lowest BCUT2D eigenvalue weighted by Gasteiger charge is -2.34. The number of rotatable bonds is 7. The van der Waals surface area contributed by atoms with E-state index < -0.39 is 5.54 Å². The van der Waals surface area contributed by atoms with E-state index in [0.717, 1.165) is 24.3 Å². The van der Waals surface area contributed by atoms with Crippen LogP contribution in [-0.2, 0) is 0 Å². The minimum atomic E-state index is -0.420. The van der Waals surface area contributed by atoms with E-state index in [2.05, 4.69) is 16.3 Å². The van der Waals surface area contributed by atoms with E-state index in [1.807, 2.05) is 31.3 Å². The molecule has 4 heteroatoms. The van der Waals surface area contributed by atoms with Gasteiger partial charge in [-0.2, -0.15) is 5.26 Å². The highest BCUT2D eigenvalue weighted by Crippen LogP contribution is 2.42. The minimum Gasteiger partial charge on any atom is -0.495 e. The quantitative estimate of drug-likeness (QED) is 0.836. The molecule has 21 heavy (non-hydrogen) atoms. The molecule has 3 rings (SSSR count). The van der Waals surface area contributed by atoms with Crippen LogP contribution in [0.1, 0.15) is 25.7 Å². The van der Waals surface area contributed by atoms with Crippen LogP contribution < -0.4 is 15.0 Å². The van der Waals surface area contributed by atoms with Crippen LogP contribution in [0.25, 0.3) is 0 Å². The second kappa shape index (κ2) is 5.57. The number of para-hydroxylation sites is 2. The van der Waals surface area contributed by atoms with Crippen molar-refractivity contribution in [2.24, 2.45) is 5.92 Å². The Balaban J connectivity index is 1.80. The molecule has 0 spiro atoms. The average Bonchev–Trinajstić information content (AvgIpc) is 3.38. The zero-order chi connectivity index (χ0) is 14.9. The number of ether oxygens (including phenoxy) is 1. The number of nitriles is 1. The highest BCUT2D eigenvalue weighted by molar-refractivity contribution is 5.58. The Bertz CT molecular complexity index is 545. The summed E-state index contributed by atoms with van der Waals surface area (Å²) in [5.41, 5.74) is 0.620. The van der Waals surface area contributed by atoms with Crippen LogP contribution in [0.2, 0.25) is 0 Å². The summed E-state index contributed by atoms with van der Waals surface area (Å²) in [5, 5.41) is 13.4. The molecule has 2 saturated carbocycles. The van der Waals surface area contributed by atoms with Gasteiger partial charge in [-0.25, -0.2) is 0 Å². The van der Waals surface area contributed by atoms with E-state index in [1.165, 1.54) is 12.8 Å². The maximum Gasteiger partial charge on any atom is 0.142 e. The Morgan fingerprint density at radius 2 is 2.05 bits per heavy atom. The summed E-state index contributed by atoms with van der Waals surface area (Å²) in [6.45, 7) is 0.699. The predicted octanol–water partition coefficient (Wildman–Crippen LogP) is 2.56. The molecule has 0 aromatic heterocycles. The maximum atomic E-state index is 9.82. The van der Waals surface area contributed by atoms with Crippen molar-refractivity contribution >= 4 is 5.69 Å². The van der Waals surface area contributed by atoms with E-state index in [0.29, 0.717) is 18.5 Å². The van der Waals surface area contributed by atoms with Crippen LogP contribution in [0, 0.1) is 17.2 Å². The second-order valence-corrected chi connectivity index (χ2v) is 6.30. The van der Waals surface area contributed by atoms with Gasteiger partial charge >= 0.3 is 0 Å². The molecule has 1 N–H and O–H groups in total. The molecule has 2 aliphatic carbocycles. The van der Waals surface area contributed by atoms with Gasteiger partial charge in [-0.15, -0.1) is 0 Å². The van der Waals surface area contributed by atoms with Crippen LogP contribution in [0.15, 0.2) is 24.3 Å². The summed E-state index contributed by atoms with van der Waals surface area (Å²) >= 11 is 0. The van der Waals surface area contributed by atoms with Crippen LogP contribution in [0.4, 0.5) is 5.69 Å². The molecule has 0 saturated heterocycles. The molecule has 1 aromatic rings. The summed E-state index contributed by atoms with van der Waals surface area (Å²) < 4.78 is 5.44. The lowest BCUT2D eigenvalue weighted by molar-refractivity contribution is 0.362. The molecule has 0 radical (unpaired) electrons. The zero-order valence-corrected chi connectivity index (χ0v) is 12.8. The summed E-state index contributed by atoms with van der Waals surface area (Å²) in [7, 11) is 3.73. The molecular formula is C17H23N3O. The molecule has 112 valence electrons. The van der Waals surface area contributed by atoms with Crippen LogP contribution >= 0.6 is 0 Å². The smallest absolute Gasteiger partial charge is 0.142 e. The zero-order valence-electron chi connectivity index (χ0n) is 12.8. The van der Waals surface area contributed by atoms with Crippen molar-refractivity contribution in [1.29, 1.82) is 5.26 Å². The van der Waals surface area contributed by atoms with Gasteiger partial charge in [-0.05, 0) is 43.7 Å². The Labute approximate surface area is 126 Å². The highest BCUT2D eigenvalue weighted by Gasteiger charge is 2.49. The first-order valence-corrected chi connectivity index (χ1v) is 7.71. The van der Waals surface area contributed by atoms with Crippen molar-refractivity contribution in [2.45, 2.75) is 37.3 Å². The van der Waals surface area contributed by atoms with Gasteiger partial charge in [0.25, 0.3) is 0 Å². The SMILES string of the molecule is COc1ccccc1N(C)CC(C#N)(NC1CC1)C1CC1. The first-order valence-electron chi connectivity index (χ1n) is 7.71. The van der Waals surface area contributed by atoms with Crippen LogP contribution in [-0.4, -0.2) is 32.3 Å². The summed E-state index contributed by atoms with van der Waals surface area (Å²) in [6.07, 6.45) is 4.73. The molecule has 4 nitrogen and oxygen atoms in total. The first-order chi connectivity index (χ1) is 10.2. The first kappa shape index (κ1) is 14.2. The number of anilines is 1. The van der Waals surface area contributed by atoms with Crippen molar-refractivity contribution in [3.63, 3.8) is 0 Å². The van der Waals surface area contributed by atoms with Crippen molar-refractivity contribution < 1.29 is 4.74 Å². The second-order valence-electron chi connectivity index (χ2n) is 6.30. The molecule has 2 aliphatic rings. The van der Waals surface area contributed by atoms with Crippen molar-refractivity contribution in [2.75, 3.05) is 25.6 Å². The van der Waals surface area contributed by atoms with Gasteiger partial charge in [0.05, 0.1) is 18.9 Å². The molecule has 0 aliphatic heterocycles. The molecule has 0 bridgehead atoms. The van der Waals surface area contributed by atoms with Crippen LogP contribution in [0.5, 0.6) is 5.75 Å². The molecule has 0 heterocycles. The molecular weight excluding hydrogens is 262 g/mol. The number of benzene rings is 1. The highest BCUT2D eigenvalue weighted by atomic mass is 16.5. The topological polar surface area (TPSA) is 48.3 Å². The third kappa shape index (κ3) is 2.98. The number of methoxy groups -OCH3 is 1. The van der Waals surface area contributed by atoms with Gasteiger partial charge in [-0.1, -0.05) is 12.1 Å². The van der Waals surface area contributed by atoms with Gasteiger partial charge in [0.1, 0.15) is 11.3 Å². The molecule has 1 atom stereocenters. The third-order valence-corrected chi connectivity index (χ3v) is 4.50. The van der Waals surface area contributed by atoms with E-state index >= 15 is 0 Å². The van der Waals surface area contributed by atoms with Gasteiger partial charge < -0.3 is 9.64 Å². The molecule has 1 aromatic carbocycles. The fraction of sp³-hybridized carbons (Fsp3) is 0.588. The lowest BCUT2D eigenvalue weighted by Crippen LogP contribution is -2.54. The fourth-order valence-electron chi connectivity index (χ4n) is 3.02. The van der Waals surface area contributed by atoms with E-state index in [1.54, 1.807) is 7.11 Å². The Hall–Kier alpha value is -1.73. The van der Waals surface area contributed by atoms with Gasteiger partial charge in [-0.3, -0.25) is 5.32 Å². The van der Waals surface area contributed by atoms with E-state index in [-0.39, 0.29) is 0 Å². The van der Waals surface area contributed by atoms with Crippen LogP contribution in [0.3, 0.4) is 0 Å². The molecule has 0 amide bonds. The van der Waals surface area contributed by atoms with Gasteiger partial charge in [0, 0.05) is 19.6 Å². The number of likely N-dealkylation sites (N-methyl/N-ethyl adjacent to an activating group) is 1. The molecule has 1 unspecified atom stereocenters. The van der Waals surface area contributed by atoms with Crippen molar-refractivity contribution in [3.8, 4) is 11.8 Å². The summed E-state index contributed by atoms with van der Waals surface area (Å²) in [4.78, 5) is 2.15. The summed E-state index contributed by atoms with van der Waals surface area (Å²) in [5.74, 6) is 1.34. The average molecular weight is 285 g/mol. The van der Waals surface area contributed by atoms with Gasteiger partial charge in [0.15, 0.2) is 0 Å². The standard InChI is InChI=1S/C17H23N3O/c1-20(15-5-3-4-6-16(15)21-2)12-17(11-18,13-7-8-13)19-14-9-10-14/h3-6,13-14,19H,7-10,12H2,1-2H3. The number of nitrogens with one attached hydrogen (secondary N) is 1. The van der Waals surface area contributed by atoms with Gasteiger partial charge in [0.2, 0.25) is 0 Å². The normalized spacial score (nSPS) is 20.4. The minimum absolute atomic E-state index is 0.420. The number of nitrogens with zero attached hydrogens (tertiary/aromatic N) is 2. The summed E-state index contributed by atoms with van der Waals surface area (Å²) in [6, 6.07) is 11.1. The fourth-order valence-corrected chi connectivity index (χ4v) is 3.02. The Kier molecular flexibility index (Phi) is 3.77. The van der Waals surface area contributed by atoms with E-state index in [4.69, 9.17) is 4.74 Å². The monoisotopic (exact) mass is 285 g/mol. The Morgan fingerprint density at radius 3 is 2.62 bits per heavy atom. The third-order valence-electron chi connectivity index (χ3n) is 4.50. The van der Waals surface area contributed by atoms with E-state index in [9.17, 15) is 5.26 Å². The number of hydrogen-bond acceptors (Lipinski definition) is 4. The predicted molar refractivity (Wildman–Crippen MR) is 83.5 cm³/mol. The number of hydrogen-bond donors (Lipinski definition) is 1. The Morgan fingerprint density at radius 1 is 1.33 bits per heavy atom. The largest absolute Gasteiger partial charge is 0.495 e. The maximum absolute atomic E-state index is 9.82. The lowest BCUT2D eigenvalue weighted by atomic mass is 9.93. The molecule has 2 fully saturated rings.